The van der Waals surface area contributed by atoms with Gasteiger partial charge in [-0.3, -0.25) is 4.79 Å². The number of sulfonamides is 1. The van der Waals surface area contributed by atoms with Gasteiger partial charge >= 0.3 is 0 Å². The average molecular weight is 361 g/mol. The fraction of sp³-hybridized carbons (Fsp3) is 0.0909. The molecule has 5 nitrogen and oxygen atoms in total. The van der Waals surface area contributed by atoms with Gasteiger partial charge in [-0.25, -0.2) is 9.71 Å². The van der Waals surface area contributed by atoms with Crippen LogP contribution in [-0.2, 0) is 21.2 Å². The van der Waals surface area contributed by atoms with E-state index < -0.39 is 15.9 Å². The Hall–Kier alpha value is -1.25. The van der Waals surface area contributed by atoms with Crippen LogP contribution in [0, 0.1) is 0 Å². The molecule has 0 fully saturated rings. The number of aromatic nitrogens is 1. The van der Waals surface area contributed by atoms with E-state index in [-0.39, 0.29) is 10.8 Å². The molecule has 0 spiro atoms. The fourth-order valence-electron chi connectivity index (χ4n) is 1.36. The lowest BCUT2D eigenvalue weighted by Crippen LogP contribution is -2.31. The Morgan fingerprint density at radius 3 is 2.58 bits per heavy atom. The van der Waals surface area contributed by atoms with Gasteiger partial charge in [-0.05, 0) is 17.7 Å². The van der Waals surface area contributed by atoms with Crippen molar-refractivity contribution in [3.8, 4) is 0 Å². The van der Waals surface area contributed by atoms with Crippen molar-refractivity contribution >= 4 is 43.2 Å². The average Bonchev–Trinajstić information content (AvgIpc) is 2.85. The third-order valence-electron chi connectivity index (χ3n) is 2.17. The number of benzene rings is 1. The van der Waals surface area contributed by atoms with Gasteiger partial charge in [0.2, 0.25) is 10.2 Å². The first-order valence-corrected chi connectivity index (χ1v) is 8.32. The van der Waals surface area contributed by atoms with Gasteiger partial charge in [0.1, 0.15) is 0 Å². The second-order valence-electron chi connectivity index (χ2n) is 3.63. The molecule has 1 N–H and O–H groups in total. The first-order chi connectivity index (χ1) is 8.97. The highest BCUT2D eigenvalue weighted by Gasteiger charge is 2.20. The minimum Gasteiger partial charge on any atom is -0.274 e. The maximum absolute atomic E-state index is 11.8. The van der Waals surface area contributed by atoms with Crippen molar-refractivity contribution in [2.45, 2.75) is 10.8 Å². The number of halogens is 1. The molecule has 1 aromatic carbocycles. The Morgan fingerprint density at radius 1 is 1.32 bits per heavy atom. The van der Waals surface area contributed by atoms with Crippen molar-refractivity contribution in [1.29, 1.82) is 0 Å². The number of hydrogen-bond acceptors (Lipinski definition) is 5. The third-order valence-corrected chi connectivity index (χ3v) is 5.27. The molecule has 0 radical (unpaired) electrons. The molecule has 0 aliphatic carbocycles. The monoisotopic (exact) mass is 360 g/mol. The van der Waals surface area contributed by atoms with Crippen LogP contribution >= 0.6 is 27.3 Å². The summed E-state index contributed by atoms with van der Waals surface area (Å²) in [4.78, 5) is 15.4. The molecule has 1 aromatic heterocycles. The summed E-state index contributed by atoms with van der Waals surface area (Å²) in [5, 5.41) is 1.54. The quantitative estimate of drug-likeness (QED) is 0.903. The third kappa shape index (κ3) is 3.85. The normalized spacial score (nSPS) is 11.2. The first kappa shape index (κ1) is 14.2. The van der Waals surface area contributed by atoms with Crippen molar-refractivity contribution in [3.05, 3.63) is 45.9 Å². The van der Waals surface area contributed by atoms with Crippen LogP contribution < -0.4 is 4.72 Å². The molecule has 1 amide bonds. The Labute approximate surface area is 122 Å². The summed E-state index contributed by atoms with van der Waals surface area (Å²) in [7, 11) is -3.85. The van der Waals surface area contributed by atoms with E-state index in [0.717, 1.165) is 21.4 Å². The van der Waals surface area contributed by atoms with Crippen molar-refractivity contribution in [3.63, 3.8) is 0 Å². The van der Waals surface area contributed by atoms with E-state index >= 15 is 0 Å². The maximum Gasteiger partial charge on any atom is 0.291 e. The van der Waals surface area contributed by atoms with Crippen LogP contribution in [0.1, 0.15) is 5.56 Å². The first-order valence-electron chi connectivity index (χ1n) is 5.17. The van der Waals surface area contributed by atoms with E-state index in [2.05, 4.69) is 20.9 Å². The molecule has 0 atom stereocenters. The fourth-order valence-corrected chi connectivity index (χ4v) is 3.44. The molecule has 19 heavy (non-hydrogen) atoms. The van der Waals surface area contributed by atoms with E-state index in [1.165, 1.54) is 11.6 Å². The number of carbonyl (C=O) groups is 1. The van der Waals surface area contributed by atoms with Crippen molar-refractivity contribution in [2.24, 2.45) is 0 Å². The molecule has 8 heteroatoms. The van der Waals surface area contributed by atoms with Crippen LogP contribution in [0.4, 0.5) is 0 Å². The predicted octanol–water partition coefficient (Wildman–Crippen LogP) is 1.95. The summed E-state index contributed by atoms with van der Waals surface area (Å²) in [6.45, 7) is 0. The Morgan fingerprint density at radius 2 is 2.00 bits per heavy atom. The number of carbonyl (C=O) groups excluding carboxylic acids is 1. The molecule has 0 saturated heterocycles. The highest BCUT2D eigenvalue weighted by Crippen LogP contribution is 2.13. The molecule has 0 bridgehead atoms. The van der Waals surface area contributed by atoms with Gasteiger partial charge < -0.3 is 0 Å². The maximum atomic E-state index is 11.8. The standard InChI is InChI=1S/C11H9BrN2O3S2/c12-9-3-1-8(2-4-9)7-10(15)14-19(16,17)11-13-5-6-18-11/h1-6H,7H2,(H,14,15). The molecule has 1 heterocycles. The van der Waals surface area contributed by atoms with E-state index in [0.29, 0.717) is 0 Å². The molecule has 2 aromatic rings. The zero-order valence-electron chi connectivity index (χ0n) is 9.54. The highest BCUT2D eigenvalue weighted by molar-refractivity contribution is 9.10. The van der Waals surface area contributed by atoms with E-state index in [4.69, 9.17) is 0 Å². The van der Waals surface area contributed by atoms with E-state index in [1.54, 1.807) is 24.3 Å². The zero-order valence-corrected chi connectivity index (χ0v) is 12.8. The Balaban J connectivity index is 2.04. The Kier molecular flexibility index (Phi) is 4.33. The minimum atomic E-state index is -3.85. The minimum absolute atomic E-state index is 0.00210. The summed E-state index contributed by atoms with van der Waals surface area (Å²) in [5.74, 6) is -0.586. The van der Waals surface area contributed by atoms with Gasteiger partial charge in [-0.2, -0.15) is 8.42 Å². The SMILES string of the molecule is O=C(Cc1ccc(Br)cc1)NS(=O)(=O)c1nccs1. The lowest BCUT2D eigenvalue weighted by atomic mass is 10.1. The number of nitrogens with zero attached hydrogens (tertiary/aromatic N) is 1. The van der Waals surface area contributed by atoms with Gasteiger partial charge in [0.05, 0.1) is 6.42 Å². The van der Waals surface area contributed by atoms with Crippen LogP contribution in [0.2, 0.25) is 0 Å². The van der Waals surface area contributed by atoms with Gasteiger partial charge in [-0.15, -0.1) is 11.3 Å². The number of hydrogen-bond donors (Lipinski definition) is 1. The molecule has 2 rings (SSSR count). The zero-order chi connectivity index (χ0) is 13.9. The Bertz CT molecular complexity index is 666. The number of nitrogens with one attached hydrogen (secondary N) is 1. The molecule has 0 aliphatic heterocycles. The van der Waals surface area contributed by atoms with E-state index in [1.807, 2.05) is 4.72 Å². The number of thiazole rings is 1. The van der Waals surface area contributed by atoms with Crippen LogP contribution in [0.15, 0.2) is 44.7 Å². The topological polar surface area (TPSA) is 76.1 Å². The molecular formula is C11H9BrN2O3S2. The molecule has 100 valence electrons. The summed E-state index contributed by atoms with van der Waals surface area (Å²) in [5.41, 5.74) is 0.732. The number of rotatable bonds is 4. The largest absolute Gasteiger partial charge is 0.291 e. The van der Waals surface area contributed by atoms with Crippen LogP contribution in [0.3, 0.4) is 0 Å². The summed E-state index contributed by atoms with van der Waals surface area (Å²) < 4.78 is 26.3. The van der Waals surface area contributed by atoms with Gasteiger partial charge in [0.25, 0.3) is 10.0 Å². The number of amides is 1. The lowest BCUT2D eigenvalue weighted by molar-refractivity contribution is -0.118. The van der Waals surface area contributed by atoms with Crippen molar-refractivity contribution in [1.82, 2.24) is 9.71 Å². The van der Waals surface area contributed by atoms with Crippen molar-refractivity contribution in [2.75, 3.05) is 0 Å². The smallest absolute Gasteiger partial charge is 0.274 e. The highest BCUT2D eigenvalue weighted by atomic mass is 79.9. The van der Waals surface area contributed by atoms with Gasteiger partial charge in [0, 0.05) is 16.0 Å². The van der Waals surface area contributed by atoms with Gasteiger partial charge in [0.15, 0.2) is 0 Å². The predicted molar refractivity (Wildman–Crippen MR) is 75.3 cm³/mol. The van der Waals surface area contributed by atoms with Gasteiger partial charge in [-0.1, -0.05) is 28.1 Å². The molecule has 0 saturated carbocycles. The summed E-state index contributed by atoms with van der Waals surface area (Å²) >= 11 is 4.24. The van der Waals surface area contributed by atoms with Crippen LogP contribution in [0.5, 0.6) is 0 Å². The molecular weight excluding hydrogens is 352 g/mol. The van der Waals surface area contributed by atoms with Crippen LogP contribution in [-0.4, -0.2) is 19.3 Å². The second-order valence-corrected chi connectivity index (χ2v) is 7.30. The lowest BCUT2D eigenvalue weighted by Gasteiger charge is -2.04. The van der Waals surface area contributed by atoms with Crippen LogP contribution in [0.25, 0.3) is 0 Å². The summed E-state index contributed by atoms with van der Waals surface area (Å²) in [6.07, 6.45) is 1.37. The van der Waals surface area contributed by atoms with E-state index in [9.17, 15) is 13.2 Å². The molecule has 0 unspecified atom stereocenters. The summed E-state index contributed by atoms with van der Waals surface area (Å²) in [6, 6.07) is 7.08. The molecule has 0 aliphatic rings. The van der Waals surface area contributed by atoms with Crippen molar-refractivity contribution < 1.29 is 13.2 Å². The second kappa shape index (κ2) is 5.81.